The van der Waals surface area contributed by atoms with Crippen LogP contribution in [0.3, 0.4) is 0 Å². The molecule has 0 aliphatic heterocycles. The summed E-state index contributed by atoms with van der Waals surface area (Å²) >= 11 is 6.02. The second-order valence-electron chi connectivity index (χ2n) is 8.55. The fraction of sp³-hybridized carbons (Fsp3) is 0.286. The van der Waals surface area contributed by atoms with E-state index < -0.39 is 6.04 Å². The second-order valence-corrected chi connectivity index (χ2v) is 8.98. The molecule has 6 heteroatoms. The number of ether oxygens (including phenoxy) is 1. The highest BCUT2D eigenvalue weighted by Crippen LogP contribution is 2.20. The normalized spacial score (nSPS) is 11.7. The molecule has 2 amide bonds. The van der Waals surface area contributed by atoms with E-state index in [0.717, 1.165) is 16.7 Å². The molecule has 0 bridgehead atoms. The zero-order chi connectivity index (χ0) is 24.5. The summed E-state index contributed by atoms with van der Waals surface area (Å²) in [5, 5.41) is 3.62. The lowest BCUT2D eigenvalue weighted by atomic mass is 10.0. The van der Waals surface area contributed by atoms with Crippen LogP contribution in [0.4, 0.5) is 0 Å². The second kappa shape index (κ2) is 12.2. The SMILES string of the molecule is COc1cccc(CN(C(=O)Cc2ccc(Cl)cc2)C(Cc2ccccc2)C(=O)NC(C)C)c1. The van der Waals surface area contributed by atoms with E-state index >= 15 is 0 Å². The highest BCUT2D eigenvalue weighted by Gasteiger charge is 2.30. The van der Waals surface area contributed by atoms with Gasteiger partial charge in [-0.25, -0.2) is 0 Å². The minimum absolute atomic E-state index is 0.0455. The van der Waals surface area contributed by atoms with Crippen LogP contribution in [0.2, 0.25) is 5.02 Å². The van der Waals surface area contributed by atoms with E-state index in [1.807, 2.05) is 80.6 Å². The lowest BCUT2D eigenvalue weighted by Crippen LogP contribution is -2.52. The first-order valence-corrected chi connectivity index (χ1v) is 11.7. The average Bonchev–Trinajstić information content (AvgIpc) is 2.83. The number of carbonyl (C=O) groups excluding carboxylic acids is 2. The summed E-state index contributed by atoms with van der Waals surface area (Å²) in [6.07, 6.45) is 0.580. The Hall–Kier alpha value is -3.31. The van der Waals surface area contributed by atoms with E-state index in [1.165, 1.54) is 0 Å². The largest absolute Gasteiger partial charge is 0.497 e. The van der Waals surface area contributed by atoms with Crippen LogP contribution in [0, 0.1) is 0 Å². The fourth-order valence-corrected chi connectivity index (χ4v) is 3.91. The van der Waals surface area contributed by atoms with Crippen molar-refractivity contribution in [3.8, 4) is 5.75 Å². The molecule has 1 unspecified atom stereocenters. The van der Waals surface area contributed by atoms with Gasteiger partial charge in [0.25, 0.3) is 0 Å². The smallest absolute Gasteiger partial charge is 0.243 e. The van der Waals surface area contributed by atoms with Gasteiger partial charge >= 0.3 is 0 Å². The van der Waals surface area contributed by atoms with Gasteiger partial charge in [0.2, 0.25) is 11.8 Å². The molecule has 3 rings (SSSR count). The summed E-state index contributed by atoms with van der Waals surface area (Å²) in [6.45, 7) is 4.12. The monoisotopic (exact) mass is 478 g/mol. The molecular weight excluding hydrogens is 448 g/mol. The topological polar surface area (TPSA) is 58.6 Å². The predicted octanol–water partition coefficient (Wildman–Crippen LogP) is 5.06. The number of benzene rings is 3. The number of halogens is 1. The van der Waals surface area contributed by atoms with E-state index in [1.54, 1.807) is 24.1 Å². The van der Waals surface area contributed by atoms with Crippen molar-refractivity contribution >= 4 is 23.4 Å². The van der Waals surface area contributed by atoms with Crippen molar-refractivity contribution in [1.82, 2.24) is 10.2 Å². The summed E-state index contributed by atoms with van der Waals surface area (Å²) in [5.41, 5.74) is 2.72. The van der Waals surface area contributed by atoms with E-state index in [2.05, 4.69) is 5.32 Å². The molecule has 0 aliphatic carbocycles. The Labute approximate surface area is 206 Å². The molecule has 1 atom stereocenters. The van der Waals surface area contributed by atoms with Gasteiger partial charge in [-0.3, -0.25) is 9.59 Å². The van der Waals surface area contributed by atoms with Crippen LogP contribution < -0.4 is 10.1 Å². The maximum atomic E-state index is 13.7. The first kappa shape index (κ1) is 25.3. The number of nitrogens with zero attached hydrogens (tertiary/aromatic N) is 1. The Balaban J connectivity index is 1.97. The standard InChI is InChI=1S/C28H31ClN2O3/c1-20(2)30-28(33)26(17-21-8-5-4-6-9-21)31(19-23-10-7-11-25(16-23)34-3)27(32)18-22-12-14-24(29)15-13-22/h4-16,20,26H,17-19H2,1-3H3,(H,30,33). The fourth-order valence-electron chi connectivity index (χ4n) is 3.78. The van der Waals surface area contributed by atoms with Crippen LogP contribution in [0.15, 0.2) is 78.9 Å². The Morgan fingerprint density at radius 1 is 0.912 bits per heavy atom. The Morgan fingerprint density at radius 2 is 1.59 bits per heavy atom. The lowest BCUT2D eigenvalue weighted by Gasteiger charge is -2.32. The summed E-state index contributed by atoms with van der Waals surface area (Å²) in [7, 11) is 1.61. The van der Waals surface area contributed by atoms with Gasteiger partial charge in [0.1, 0.15) is 11.8 Å². The van der Waals surface area contributed by atoms with Crippen LogP contribution in [0.1, 0.15) is 30.5 Å². The van der Waals surface area contributed by atoms with Gasteiger partial charge in [-0.05, 0) is 54.8 Å². The van der Waals surface area contributed by atoms with Gasteiger partial charge in [0.15, 0.2) is 0 Å². The molecule has 178 valence electrons. The van der Waals surface area contributed by atoms with E-state index in [9.17, 15) is 9.59 Å². The number of hydrogen-bond acceptors (Lipinski definition) is 3. The number of hydrogen-bond donors (Lipinski definition) is 1. The van der Waals surface area contributed by atoms with E-state index in [4.69, 9.17) is 16.3 Å². The third kappa shape index (κ3) is 7.35. The minimum atomic E-state index is -0.671. The van der Waals surface area contributed by atoms with Crippen LogP contribution in [-0.4, -0.2) is 35.9 Å². The first-order chi connectivity index (χ1) is 16.4. The van der Waals surface area contributed by atoms with Gasteiger partial charge < -0.3 is 15.0 Å². The van der Waals surface area contributed by atoms with Gasteiger partial charge in [-0.1, -0.05) is 66.2 Å². The van der Waals surface area contributed by atoms with Crippen molar-refractivity contribution in [2.45, 2.75) is 45.3 Å². The molecule has 0 aliphatic rings. The van der Waals surface area contributed by atoms with Crippen LogP contribution in [0.5, 0.6) is 5.75 Å². The molecule has 3 aromatic carbocycles. The number of rotatable bonds is 10. The van der Waals surface area contributed by atoms with E-state index in [0.29, 0.717) is 17.2 Å². The average molecular weight is 479 g/mol. The number of methoxy groups -OCH3 is 1. The molecule has 0 heterocycles. The minimum Gasteiger partial charge on any atom is -0.497 e. The highest BCUT2D eigenvalue weighted by molar-refractivity contribution is 6.30. The van der Waals surface area contributed by atoms with Crippen LogP contribution in [0.25, 0.3) is 0 Å². The molecule has 0 radical (unpaired) electrons. The van der Waals surface area contributed by atoms with Crippen molar-refractivity contribution in [3.05, 3.63) is 101 Å². The lowest BCUT2D eigenvalue weighted by molar-refractivity contribution is -0.141. The first-order valence-electron chi connectivity index (χ1n) is 11.4. The quantitative estimate of drug-likeness (QED) is 0.443. The van der Waals surface area contributed by atoms with Crippen LogP contribution in [-0.2, 0) is 29.0 Å². The van der Waals surface area contributed by atoms with Gasteiger partial charge in [-0.2, -0.15) is 0 Å². The van der Waals surface area contributed by atoms with Gasteiger partial charge in [0.05, 0.1) is 13.5 Å². The maximum Gasteiger partial charge on any atom is 0.243 e. The van der Waals surface area contributed by atoms with Crippen LogP contribution >= 0.6 is 11.6 Å². The van der Waals surface area contributed by atoms with Gasteiger partial charge in [-0.15, -0.1) is 0 Å². The van der Waals surface area contributed by atoms with Crippen molar-refractivity contribution < 1.29 is 14.3 Å². The van der Waals surface area contributed by atoms with Crippen molar-refractivity contribution in [3.63, 3.8) is 0 Å². The molecule has 5 nitrogen and oxygen atoms in total. The van der Waals surface area contributed by atoms with Crippen molar-refractivity contribution in [2.24, 2.45) is 0 Å². The number of carbonyl (C=O) groups is 2. The van der Waals surface area contributed by atoms with E-state index in [-0.39, 0.29) is 30.8 Å². The molecule has 0 spiro atoms. The molecule has 0 saturated carbocycles. The molecular formula is C28H31ClN2O3. The molecule has 34 heavy (non-hydrogen) atoms. The highest BCUT2D eigenvalue weighted by atomic mass is 35.5. The summed E-state index contributed by atoms with van der Waals surface area (Å²) in [6, 6.07) is 23.8. The zero-order valence-corrected chi connectivity index (χ0v) is 20.6. The third-order valence-electron chi connectivity index (χ3n) is 5.46. The third-order valence-corrected chi connectivity index (χ3v) is 5.71. The maximum absolute atomic E-state index is 13.7. The summed E-state index contributed by atoms with van der Waals surface area (Å²) in [4.78, 5) is 28.7. The molecule has 1 N–H and O–H groups in total. The number of amides is 2. The predicted molar refractivity (Wildman–Crippen MR) is 136 cm³/mol. The summed E-state index contributed by atoms with van der Waals surface area (Å²) < 4.78 is 5.36. The molecule has 0 fully saturated rings. The Bertz CT molecular complexity index is 1080. The van der Waals surface area contributed by atoms with Crippen molar-refractivity contribution in [2.75, 3.05) is 7.11 Å². The molecule has 0 saturated heterocycles. The zero-order valence-electron chi connectivity index (χ0n) is 19.8. The molecule has 3 aromatic rings. The van der Waals surface area contributed by atoms with Gasteiger partial charge in [0, 0.05) is 24.0 Å². The Morgan fingerprint density at radius 3 is 2.24 bits per heavy atom. The molecule has 0 aromatic heterocycles. The Kier molecular flexibility index (Phi) is 9.11. The summed E-state index contributed by atoms with van der Waals surface area (Å²) in [5.74, 6) is 0.394. The number of nitrogens with one attached hydrogen (secondary N) is 1. The van der Waals surface area contributed by atoms with Crippen molar-refractivity contribution in [1.29, 1.82) is 0 Å².